The van der Waals surface area contributed by atoms with Crippen LogP contribution in [0.2, 0.25) is 0 Å². The largest absolute Gasteiger partial charge is 0.384 e. The molecule has 0 radical (unpaired) electrons. The van der Waals surface area contributed by atoms with Gasteiger partial charge in [-0.2, -0.15) is 0 Å². The number of nitrogen functional groups attached to an aromatic ring is 1. The molecule has 158 valence electrons. The number of hydrogen-bond acceptors (Lipinski definition) is 7. The van der Waals surface area contributed by atoms with E-state index < -0.39 is 0 Å². The van der Waals surface area contributed by atoms with Gasteiger partial charge in [-0.15, -0.1) is 0 Å². The van der Waals surface area contributed by atoms with E-state index in [2.05, 4.69) is 14.9 Å². The number of morpholine rings is 1. The molecular weight excluding hydrogens is 384 g/mol. The van der Waals surface area contributed by atoms with Gasteiger partial charge in [0, 0.05) is 37.2 Å². The van der Waals surface area contributed by atoms with Gasteiger partial charge in [0.25, 0.3) is 11.5 Å². The molecule has 30 heavy (non-hydrogen) atoms. The van der Waals surface area contributed by atoms with E-state index in [0.717, 1.165) is 50.0 Å². The molecule has 0 bridgehead atoms. The highest BCUT2D eigenvalue weighted by Crippen LogP contribution is 2.44. The smallest absolute Gasteiger partial charge is 0.272 e. The molecule has 2 aromatic rings. The van der Waals surface area contributed by atoms with Crippen LogP contribution in [0.3, 0.4) is 0 Å². The van der Waals surface area contributed by atoms with Crippen molar-refractivity contribution in [1.82, 2.24) is 19.9 Å². The number of piperidine rings is 1. The molecule has 9 heteroatoms. The van der Waals surface area contributed by atoms with Gasteiger partial charge in [-0.1, -0.05) is 6.07 Å². The van der Waals surface area contributed by atoms with E-state index in [-0.39, 0.29) is 16.9 Å². The number of carbonyl (C=O) groups is 1. The van der Waals surface area contributed by atoms with Crippen LogP contribution in [0.4, 0.5) is 11.8 Å². The van der Waals surface area contributed by atoms with Gasteiger partial charge >= 0.3 is 0 Å². The fourth-order valence-corrected chi connectivity index (χ4v) is 4.92. The first kappa shape index (κ1) is 19.0. The molecule has 2 aromatic heterocycles. The SMILES string of the molecule is Nc1cccc(C(=O)N2CCC3(CCc4c3nc(N3CCOCC3)[nH]c4=O)CC2)n1. The summed E-state index contributed by atoms with van der Waals surface area (Å²) >= 11 is 0. The van der Waals surface area contributed by atoms with E-state index in [0.29, 0.717) is 43.8 Å². The quantitative estimate of drug-likeness (QED) is 0.748. The number of ether oxygens (including phenoxy) is 1. The Bertz CT molecular complexity index is 1020. The minimum atomic E-state index is -0.134. The molecule has 0 aromatic carbocycles. The van der Waals surface area contributed by atoms with Crippen molar-refractivity contribution in [1.29, 1.82) is 0 Å². The summed E-state index contributed by atoms with van der Waals surface area (Å²) in [5.74, 6) is 0.896. The Morgan fingerprint density at radius 1 is 1.10 bits per heavy atom. The van der Waals surface area contributed by atoms with Crippen molar-refractivity contribution in [2.45, 2.75) is 31.1 Å². The monoisotopic (exact) mass is 410 g/mol. The molecule has 5 rings (SSSR count). The number of nitrogens with zero attached hydrogens (tertiary/aromatic N) is 4. The molecule has 1 spiro atoms. The molecule has 0 unspecified atom stereocenters. The third-order valence-corrected chi connectivity index (χ3v) is 6.67. The first-order chi connectivity index (χ1) is 14.6. The van der Waals surface area contributed by atoms with Crippen LogP contribution in [-0.4, -0.2) is 65.2 Å². The van der Waals surface area contributed by atoms with Gasteiger partial charge in [-0.3, -0.25) is 14.6 Å². The van der Waals surface area contributed by atoms with Gasteiger partial charge in [0.05, 0.1) is 18.9 Å². The predicted molar refractivity (Wildman–Crippen MR) is 112 cm³/mol. The van der Waals surface area contributed by atoms with E-state index in [1.165, 1.54) is 0 Å². The first-order valence-electron chi connectivity index (χ1n) is 10.5. The number of pyridine rings is 1. The predicted octanol–water partition coefficient (Wildman–Crippen LogP) is 0.704. The molecule has 2 aliphatic heterocycles. The zero-order chi connectivity index (χ0) is 20.7. The molecule has 3 N–H and O–H groups in total. The Morgan fingerprint density at radius 3 is 2.60 bits per heavy atom. The number of likely N-dealkylation sites (tertiary alicyclic amines) is 1. The first-order valence-corrected chi connectivity index (χ1v) is 10.5. The second kappa shape index (κ2) is 7.39. The number of rotatable bonds is 2. The summed E-state index contributed by atoms with van der Waals surface area (Å²) in [4.78, 5) is 41.6. The van der Waals surface area contributed by atoms with Gasteiger partial charge in [0.2, 0.25) is 5.95 Å². The number of nitrogens with two attached hydrogens (primary N) is 1. The van der Waals surface area contributed by atoms with Crippen molar-refractivity contribution in [3.8, 4) is 0 Å². The number of hydrogen-bond donors (Lipinski definition) is 2. The lowest BCUT2D eigenvalue weighted by molar-refractivity contribution is 0.0657. The van der Waals surface area contributed by atoms with Crippen molar-refractivity contribution in [3.05, 3.63) is 45.5 Å². The number of carbonyl (C=O) groups excluding carboxylic acids is 1. The fraction of sp³-hybridized carbons (Fsp3) is 0.524. The van der Waals surface area contributed by atoms with Crippen LogP contribution >= 0.6 is 0 Å². The number of fused-ring (bicyclic) bond motifs is 2. The molecule has 2 saturated heterocycles. The third-order valence-electron chi connectivity index (χ3n) is 6.67. The van der Waals surface area contributed by atoms with Crippen LogP contribution in [0.15, 0.2) is 23.0 Å². The normalized spacial score (nSPS) is 20.4. The highest BCUT2D eigenvalue weighted by Gasteiger charge is 2.45. The van der Waals surface area contributed by atoms with Crippen LogP contribution in [0.25, 0.3) is 0 Å². The summed E-state index contributed by atoms with van der Waals surface area (Å²) in [6, 6.07) is 5.12. The molecule has 1 amide bonds. The molecule has 1 aliphatic carbocycles. The second-order valence-corrected chi connectivity index (χ2v) is 8.34. The van der Waals surface area contributed by atoms with Gasteiger partial charge in [-0.05, 0) is 37.8 Å². The van der Waals surface area contributed by atoms with Crippen LogP contribution in [0.1, 0.15) is 41.0 Å². The lowest BCUT2D eigenvalue weighted by Crippen LogP contribution is -2.45. The molecule has 0 saturated carbocycles. The summed E-state index contributed by atoms with van der Waals surface area (Å²) in [6.07, 6.45) is 3.25. The maximum absolute atomic E-state index is 12.8. The number of H-pyrrole nitrogens is 1. The Morgan fingerprint density at radius 2 is 1.87 bits per heavy atom. The number of nitrogens with one attached hydrogen (secondary N) is 1. The number of amides is 1. The highest BCUT2D eigenvalue weighted by molar-refractivity contribution is 5.92. The Hall–Kier alpha value is -2.94. The zero-order valence-corrected chi connectivity index (χ0v) is 16.9. The van der Waals surface area contributed by atoms with E-state index in [9.17, 15) is 9.59 Å². The summed E-state index contributed by atoms with van der Waals surface area (Å²) < 4.78 is 5.42. The highest BCUT2D eigenvalue weighted by atomic mass is 16.5. The lowest BCUT2D eigenvalue weighted by Gasteiger charge is -2.39. The van der Waals surface area contributed by atoms with E-state index in [1.54, 1.807) is 18.2 Å². The zero-order valence-electron chi connectivity index (χ0n) is 16.9. The number of anilines is 2. The maximum Gasteiger partial charge on any atom is 0.272 e. The molecule has 2 fully saturated rings. The van der Waals surface area contributed by atoms with Crippen molar-refractivity contribution < 1.29 is 9.53 Å². The summed E-state index contributed by atoms with van der Waals surface area (Å²) in [7, 11) is 0. The second-order valence-electron chi connectivity index (χ2n) is 8.34. The average molecular weight is 410 g/mol. The van der Waals surface area contributed by atoms with Gasteiger partial charge in [0.1, 0.15) is 11.5 Å². The van der Waals surface area contributed by atoms with E-state index >= 15 is 0 Å². The molecular formula is C21H26N6O3. The van der Waals surface area contributed by atoms with E-state index in [4.69, 9.17) is 15.5 Å². The van der Waals surface area contributed by atoms with Crippen LogP contribution in [-0.2, 0) is 16.6 Å². The van der Waals surface area contributed by atoms with Gasteiger partial charge in [-0.25, -0.2) is 9.97 Å². The van der Waals surface area contributed by atoms with Crippen LogP contribution < -0.4 is 16.2 Å². The van der Waals surface area contributed by atoms with Gasteiger partial charge < -0.3 is 20.3 Å². The molecule has 4 heterocycles. The average Bonchev–Trinajstić information content (AvgIpc) is 3.13. The van der Waals surface area contributed by atoms with Crippen LogP contribution in [0, 0.1) is 0 Å². The van der Waals surface area contributed by atoms with Crippen molar-refractivity contribution in [2.24, 2.45) is 0 Å². The molecule has 3 aliphatic rings. The molecule has 0 atom stereocenters. The minimum absolute atomic E-state index is 0.0270. The van der Waals surface area contributed by atoms with Crippen molar-refractivity contribution >= 4 is 17.7 Å². The number of aromatic amines is 1. The van der Waals surface area contributed by atoms with Crippen molar-refractivity contribution in [2.75, 3.05) is 50.0 Å². The Labute approximate surface area is 174 Å². The topological polar surface area (TPSA) is 117 Å². The summed E-state index contributed by atoms with van der Waals surface area (Å²) in [5, 5.41) is 0. The molecule has 9 nitrogen and oxygen atoms in total. The lowest BCUT2D eigenvalue weighted by atomic mass is 9.76. The summed E-state index contributed by atoms with van der Waals surface area (Å²) in [6.45, 7) is 3.97. The third kappa shape index (κ3) is 3.23. The Kier molecular flexibility index (Phi) is 4.69. The maximum atomic E-state index is 12.8. The number of aromatic nitrogens is 3. The standard InChI is InChI=1S/C21H26N6O3/c22-16-3-1-2-15(23-16)19(29)26-8-6-21(7-9-26)5-4-14-17(21)24-20(25-18(14)28)27-10-12-30-13-11-27/h1-3H,4-13H2,(H2,22,23)(H,24,25,28). The fourth-order valence-electron chi connectivity index (χ4n) is 4.92. The summed E-state index contributed by atoms with van der Waals surface area (Å²) in [5.41, 5.74) is 7.69. The Balaban J connectivity index is 1.37. The van der Waals surface area contributed by atoms with Crippen LogP contribution in [0.5, 0.6) is 0 Å². The minimum Gasteiger partial charge on any atom is -0.384 e. The van der Waals surface area contributed by atoms with E-state index in [1.807, 2.05) is 4.90 Å². The van der Waals surface area contributed by atoms with Crippen molar-refractivity contribution in [3.63, 3.8) is 0 Å². The van der Waals surface area contributed by atoms with Gasteiger partial charge in [0.15, 0.2) is 0 Å².